The first-order chi connectivity index (χ1) is 8.99. The maximum atomic E-state index is 10.4. The maximum Gasteiger partial charge on any atom is 0.148 e. The molecule has 0 spiro atoms. The number of halogens is 1. The summed E-state index contributed by atoms with van der Waals surface area (Å²) >= 11 is 6.05. The lowest BCUT2D eigenvalue weighted by Gasteiger charge is -2.16. The van der Waals surface area contributed by atoms with Gasteiger partial charge in [-0.2, -0.15) is 0 Å². The van der Waals surface area contributed by atoms with Crippen LogP contribution in [0.2, 0.25) is 5.02 Å². The van der Waals surface area contributed by atoms with Crippen molar-refractivity contribution in [3.63, 3.8) is 0 Å². The summed E-state index contributed by atoms with van der Waals surface area (Å²) in [7, 11) is 0. The molecule has 0 saturated heterocycles. The molecule has 0 aliphatic carbocycles. The molecule has 96 valence electrons. The van der Waals surface area contributed by atoms with E-state index in [2.05, 4.69) is 11.8 Å². The molecular formula is C17H15ClO. The second-order valence-corrected chi connectivity index (χ2v) is 5.06. The predicted molar refractivity (Wildman–Crippen MR) is 79.1 cm³/mol. The van der Waals surface area contributed by atoms with Crippen molar-refractivity contribution in [1.82, 2.24) is 0 Å². The second kappa shape index (κ2) is 5.48. The zero-order valence-electron chi connectivity index (χ0n) is 10.9. The van der Waals surface area contributed by atoms with E-state index in [0.29, 0.717) is 5.02 Å². The van der Waals surface area contributed by atoms with Gasteiger partial charge in [0.15, 0.2) is 0 Å². The number of aliphatic hydroxyl groups is 1. The highest BCUT2D eigenvalue weighted by atomic mass is 35.5. The fraction of sp³-hybridized carbons (Fsp3) is 0.176. The van der Waals surface area contributed by atoms with E-state index in [1.54, 1.807) is 6.92 Å². The van der Waals surface area contributed by atoms with Crippen molar-refractivity contribution in [2.45, 2.75) is 19.4 Å². The predicted octanol–water partition coefficient (Wildman–Crippen LogP) is 3.91. The van der Waals surface area contributed by atoms with Gasteiger partial charge in [0.2, 0.25) is 0 Å². The van der Waals surface area contributed by atoms with E-state index in [9.17, 15) is 5.11 Å². The molecule has 1 unspecified atom stereocenters. The van der Waals surface area contributed by atoms with E-state index in [1.807, 2.05) is 55.5 Å². The quantitative estimate of drug-likeness (QED) is 0.779. The summed E-state index contributed by atoms with van der Waals surface area (Å²) < 4.78 is 0. The summed E-state index contributed by atoms with van der Waals surface area (Å²) in [6.45, 7) is 3.63. The van der Waals surface area contributed by atoms with Crippen LogP contribution >= 0.6 is 11.6 Å². The Morgan fingerprint density at radius 1 is 1.11 bits per heavy atom. The van der Waals surface area contributed by atoms with E-state index in [0.717, 1.165) is 16.7 Å². The Hall–Kier alpha value is -1.75. The molecule has 1 atom stereocenters. The highest BCUT2D eigenvalue weighted by Crippen LogP contribution is 2.20. The summed E-state index contributed by atoms with van der Waals surface area (Å²) in [5, 5.41) is 11.1. The molecule has 0 radical (unpaired) electrons. The van der Waals surface area contributed by atoms with Crippen molar-refractivity contribution in [2.75, 3.05) is 0 Å². The largest absolute Gasteiger partial charge is 0.374 e. The van der Waals surface area contributed by atoms with Gasteiger partial charge in [0.05, 0.1) is 0 Å². The van der Waals surface area contributed by atoms with Crippen LogP contribution in [0.1, 0.15) is 23.6 Å². The Labute approximate surface area is 118 Å². The number of hydrogen-bond donors (Lipinski definition) is 1. The van der Waals surface area contributed by atoms with Gasteiger partial charge in [0, 0.05) is 10.6 Å². The molecule has 0 saturated carbocycles. The first kappa shape index (κ1) is 13.7. The topological polar surface area (TPSA) is 20.2 Å². The molecule has 0 bridgehead atoms. The number of rotatable bonds is 1. The van der Waals surface area contributed by atoms with Crippen molar-refractivity contribution < 1.29 is 5.11 Å². The van der Waals surface area contributed by atoms with Crippen LogP contribution in [0, 0.1) is 18.8 Å². The van der Waals surface area contributed by atoms with E-state index in [-0.39, 0.29) is 0 Å². The molecule has 2 heteroatoms. The standard InChI is InChI=1S/C17H15ClO/c1-13-8-9-14(12-16(13)18)10-11-17(2,19)15-6-4-3-5-7-15/h3-9,12,19H,1-2H3. The number of hydrogen-bond acceptors (Lipinski definition) is 1. The molecule has 0 aliphatic rings. The van der Waals surface area contributed by atoms with Crippen LogP contribution in [-0.4, -0.2) is 5.11 Å². The summed E-state index contributed by atoms with van der Waals surface area (Å²) in [5.41, 5.74) is 1.42. The maximum absolute atomic E-state index is 10.4. The first-order valence-corrected chi connectivity index (χ1v) is 6.44. The third-order valence-corrected chi connectivity index (χ3v) is 3.37. The van der Waals surface area contributed by atoms with Crippen molar-refractivity contribution in [3.8, 4) is 11.8 Å². The van der Waals surface area contributed by atoms with Gasteiger partial charge in [-0.1, -0.05) is 59.8 Å². The van der Waals surface area contributed by atoms with Crippen molar-refractivity contribution in [3.05, 3.63) is 70.2 Å². The summed E-state index contributed by atoms with van der Waals surface area (Å²) in [6, 6.07) is 15.0. The Morgan fingerprint density at radius 2 is 1.79 bits per heavy atom. The van der Waals surface area contributed by atoms with Crippen LogP contribution in [0.15, 0.2) is 48.5 Å². The highest BCUT2D eigenvalue weighted by Gasteiger charge is 2.19. The van der Waals surface area contributed by atoms with Crippen LogP contribution < -0.4 is 0 Å². The van der Waals surface area contributed by atoms with E-state index >= 15 is 0 Å². The van der Waals surface area contributed by atoms with Gasteiger partial charge in [-0.05, 0) is 37.1 Å². The van der Waals surface area contributed by atoms with Crippen LogP contribution in [0.5, 0.6) is 0 Å². The van der Waals surface area contributed by atoms with Gasteiger partial charge in [-0.3, -0.25) is 0 Å². The molecule has 0 fully saturated rings. The minimum absolute atomic E-state index is 0.686. The van der Waals surface area contributed by atoms with E-state index in [1.165, 1.54) is 0 Å². The van der Waals surface area contributed by atoms with Crippen molar-refractivity contribution in [1.29, 1.82) is 0 Å². The van der Waals surface area contributed by atoms with Crippen molar-refractivity contribution in [2.24, 2.45) is 0 Å². The smallest absolute Gasteiger partial charge is 0.148 e. The molecule has 0 aliphatic heterocycles. The first-order valence-electron chi connectivity index (χ1n) is 6.06. The second-order valence-electron chi connectivity index (χ2n) is 4.65. The minimum atomic E-state index is -1.17. The highest BCUT2D eigenvalue weighted by molar-refractivity contribution is 6.31. The Kier molecular flexibility index (Phi) is 3.95. The Morgan fingerprint density at radius 3 is 2.42 bits per heavy atom. The molecule has 19 heavy (non-hydrogen) atoms. The lowest BCUT2D eigenvalue weighted by Crippen LogP contribution is -2.18. The van der Waals surface area contributed by atoms with Gasteiger partial charge in [-0.25, -0.2) is 0 Å². The molecular weight excluding hydrogens is 256 g/mol. The lowest BCUT2D eigenvalue weighted by atomic mass is 9.96. The van der Waals surface area contributed by atoms with Gasteiger partial charge >= 0.3 is 0 Å². The molecule has 2 aromatic rings. The fourth-order valence-corrected chi connectivity index (χ4v) is 1.88. The number of aryl methyl sites for hydroxylation is 1. The Balaban J connectivity index is 2.30. The van der Waals surface area contributed by atoms with Crippen molar-refractivity contribution >= 4 is 11.6 Å². The average molecular weight is 271 g/mol. The summed E-state index contributed by atoms with van der Waals surface area (Å²) in [4.78, 5) is 0. The Bertz CT molecular complexity index is 633. The van der Waals surface area contributed by atoms with Gasteiger partial charge in [0.25, 0.3) is 0 Å². The van der Waals surface area contributed by atoms with Crippen LogP contribution in [0.25, 0.3) is 0 Å². The summed E-state index contributed by atoms with van der Waals surface area (Å²) in [5.74, 6) is 5.85. The number of benzene rings is 2. The molecule has 1 N–H and O–H groups in total. The lowest BCUT2D eigenvalue weighted by molar-refractivity contribution is 0.122. The van der Waals surface area contributed by atoms with Crippen LogP contribution in [0.4, 0.5) is 0 Å². The van der Waals surface area contributed by atoms with Gasteiger partial charge in [0.1, 0.15) is 5.60 Å². The SMILES string of the molecule is Cc1ccc(C#CC(C)(O)c2ccccc2)cc1Cl. The zero-order chi connectivity index (χ0) is 13.9. The average Bonchev–Trinajstić information content (AvgIpc) is 2.41. The van der Waals surface area contributed by atoms with Gasteiger partial charge < -0.3 is 5.11 Å². The molecule has 0 aromatic heterocycles. The third-order valence-electron chi connectivity index (χ3n) is 2.96. The van der Waals surface area contributed by atoms with Crippen LogP contribution in [-0.2, 0) is 5.60 Å². The van der Waals surface area contributed by atoms with E-state index < -0.39 is 5.60 Å². The summed E-state index contributed by atoms with van der Waals surface area (Å²) in [6.07, 6.45) is 0. The molecule has 1 nitrogen and oxygen atoms in total. The van der Waals surface area contributed by atoms with E-state index in [4.69, 9.17) is 11.6 Å². The zero-order valence-corrected chi connectivity index (χ0v) is 11.7. The third kappa shape index (κ3) is 3.38. The molecule has 2 rings (SSSR count). The molecule has 2 aromatic carbocycles. The van der Waals surface area contributed by atoms with Gasteiger partial charge in [-0.15, -0.1) is 0 Å². The molecule has 0 amide bonds. The normalized spacial score (nSPS) is 13.3. The minimum Gasteiger partial charge on any atom is -0.374 e. The van der Waals surface area contributed by atoms with Crippen LogP contribution in [0.3, 0.4) is 0 Å². The molecule has 0 heterocycles. The monoisotopic (exact) mass is 270 g/mol. The fourth-order valence-electron chi connectivity index (χ4n) is 1.70.